The molecule has 1 aromatic carbocycles. The third-order valence-corrected chi connectivity index (χ3v) is 17.3. The van der Waals surface area contributed by atoms with Gasteiger partial charge in [-0.1, -0.05) is 39.7 Å². The number of hydrogen-bond acceptors (Lipinski definition) is 6. The van der Waals surface area contributed by atoms with Crippen LogP contribution in [0.25, 0.3) is 0 Å². The Morgan fingerprint density at radius 1 is 0.941 bits per heavy atom. The van der Waals surface area contributed by atoms with Crippen molar-refractivity contribution < 1.29 is 28.7 Å². The fourth-order valence-corrected chi connectivity index (χ4v) is 14.3. The first kappa shape index (κ1) is 35.1. The first-order valence-electron chi connectivity index (χ1n) is 20.2. The van der Waals surface area contributed by atoms with Crippen molar-refractivity contribution in [3.8, 4) is 18.1 Å². The highest BCUT2D eigenvalue weighted by molar-refractivity contribution is 5.93. The molecule has 7 aliphatic carbocycles. The Bertz CT molecular complexity index is 1690. The smallest absolute Gasteiger partial charge is 0.307 e. The molecule has 51 heavy (non-hydrogen) atoms. The van der Waals surface area contributed by atoms with Gasteiger partial charge in [0.15, 0.2) is 5.60 Å². The second-order valence-corrected chi connectivity index (χ2v) is 18.9. The van der Waals surface area contributed by atoms with E-state index in [0.717, 1.165) is 57.1 Å². The molecule has 0 N–H and O–H groups in total. The third kappa shape index (κ3) is 5.01. The Balaban J connectivity index is 0.933. The minimum atomic E-state index is -0.888. The summed E-state index contributed by atoms with van der Waals surface area (Å²) in [6, 6.07) is 6.57. The lowest BCUT2D eigenvalue weighted by Gasteiger charge is -2.58. The van der Waals surface area contributed by atoms with Gasteiger partial charge in [-0.15, -0.1) is 6.42 Å². The number of esters is 1. The van der Waals surface area contributed by atoms with E-state index in [9.17, 15) is 19.2 Å². The lowest BCUT2D eigenvalue weighted by molar-refractivity contribution is -0.169. The van der Waals surface area contributed by atoms with Gasteiger partial charge in [-0.05, 0) is 140 Å². The van der Waals surface area contributed by atoms with Gasteiger partial charge in [0.25, 0.3) is 0 Å². The zero-order valence-corrected chi connectivity index (χ0v) is 31.6. The van der Waals surface area contributed by atoms with Gasteiger partial charge in [-0.2, -0.15) is 0 Å². The molecule has 0 heterocycles. The summed E-state index contributed by atoms with van der Waals surface area (Å²) in [6.45, 7) is 8.89. The summed E-state index contributed by atoms with van der Waals surface area (Å²) in [7, 11) is 1.73. The van der Waals surface area contributed by atoms with E-state index in [-0.39, 0.29) is 70.3 Å². The van der Waals surface area contributed by atoms with Crippen LogP contribution in [0.2, 0.25) is 0 Å². The number of hydrogen-bond donors (Lipinski definition) is 0. The van der Waals surface area contributed by atoms with Crippen LogP contribution >= 0.6 is 0 Å². The Morgan fingerprint density at radius 3 is 2.51 bits per heavy atom. The lowest BCUT2D eigenvalue weighted by Crippen LogP contribution is -2.60. The van der Waals surface area contributed by atoms with Crippen LogP contribution in [0.5, 0.6) is 5.75 Å². The highest BCUT2D eigenvalue weighted by Gasteiger charge is 2.67. The van der Waals surface area contributed by atoms with Gasteiger partial charge in [0.2, 0.25) is 0 Å². The first-order valence-corrected chi connectivity index (χ1v) is 20.2. The normalized spacial score (nSPS) is 44.5. The van der Waals surface area contributed by atoms with Crippen molar-refractivity contribution >= 4 is 23.3 Å². The van der Waals surface area contributed by atoms with E-state index in [2.05, 4.69) is 51.8 Å². The van der Waals surface area contributed by atoms with Gasteiger partial charge >= 0.3 is 5.97 Å². The molecule has 0 bridgehead atoms. The number of fused-ring (bicyclic) bond motifs is 10. The summed E-state index contributed by atoms with van der Waals surface area (Å²) in [6.07, 6.45) is 17.7. The van der Waals surface area contributed by atoms with Crippen molar-refractivity contribution in [2.75, 3.05) is 7.11 Å². The van der Waals surface area contributed by atoms with Crippen molar-refractivity contribution in [3.63, 3.8) is 0 Å². The number of terminal acetylenes is 1. The molecule has 0 saturated heterocycles. The van der Waals surface area contributed by atoms with E-state index in [1.54, 1.807) is 7.11 Å². The standard InChI is InChI=1S/C45H58O6/c1-7-45(21-18-35-33-11-9-27-22-30(50-6)10-12-31(27)32(33)17-20-43(35,45)4)51-40(49)15-8-26(2)34-13-14-36-41-37(25-39(48)44(34,36)5)42(3)19-16-29(46)23-28(42)24-38(41)47/h1,10,12,22,26,28,32-37,41H,8-9,11,13-21,23-25H2,2-6H3/t26?,28-,32-,33-,34?,35+,36-,37-,41-,42-,43+,44+,45+/m0/s1. The van der Waals surface area contributed by atoms with Gasteiger partial charge in [-0.25, -0.2) is 0 Å². The molecule has 274 valence electrons. The molecule has 6 fully saturated rings. The quantitative estimate of drug-likeness (QED) is 0.219. The summed E-state index contributed by atoms with van der Waals surface area (Å²) in [5.74, 6) is 6.46. The first-order chi connectivity index (χ1) is 24.3. The molecule has 0 aliphatic heterocycles. The van der Waals surface area contributed by atoms with Crippen LogP contribution in [0.3, 0.4) is 0 Å². The lowest BCUT2D eigenvalue weighted by atomic mass is 9.44. The molecule has 0 aromatic heterocycles. The predicted octanol–water partition coefficient (Wildman–Crippen LogP) is 8.47. The van der Waals surface area contributed by atoms with Crippen LogP contribution in [0.15, 0.2) is 18.2 Å². The number of carbonyl (C=O) groups is 4. The predicted molar refractivity (Wildman–Crippen MR) is 195 cm³/mol. The molecule has 0 radical (unpaired) electrons. The number of ether oxygens (including phenoxy) is 2. The van der Waals surface area contributed by atoms with E-state index < -0.39 is 11.0 Å². The summed E-state index contributed by atoms with van der Waals surface area (Å²) in [5.41, 5.74) is 1.06. The van der Waals surface area contributed by atoms with E-state index in [1.165, 1.54) is 11.1 Å². The summed E-state index contributed by atoms with van der Waals surface area (Å²) < 4.78 is 12.0. The van der Waals surface area contributed by atoms with Gasteiger partial charge in [0.05, 0.1) is 7.11 Å². The Hall–Kier alpha value is -2.94. The molecule has 13 atom stereocenters. The van der Waals surface area contributed by atoms with Crippen LogP contribution in [-0.4, -0.2) is 36.0 Å². The zero-order chi connectivity index (χ0) is 36.1. The molecule has 6 heteroatoms. The summed E-state index contributed by atoms with van der Waals surface area (Å²) in [5, 5.41) is 0. The molecule has 6 nitrogen and oxygen atoms in total. The highest BCUT2D eigenvalue weighted by atomic mass is 16.6. The molecule has 2 unspecified atom stereocenters. The molecule has 0 amide bonds. The van der Waals surface area contributed by atoms with Crippen LogP contribution in [0.1, 0.15) is 135 Å². The van der Waals surface area contributed by atoms with Gasteiger partial charge < -0.3 is 9.47 Å². The molecule has 6 saturated carbocycles. The van der Waals surface area contributed by atoms with E-state index in [1.807, 2.05) is 0 Å². The number of ketones is 3. The monoisotopic (exact) mass is 694 g/mol. The van der Waals surface area contributed by atoms with Crippen LogP contribution in [0.4, 0.5) is 0 Å². The SMILES string of the molecule is C#C[C@@]1(OC(=O)CCC(C)C2CC[C@H]3[C@@H]4C(=O)C[C@@H]5CC(=O)CC[C@]5(C)[C@H]4CC(=O)[C@]23C)CC[C@@H]2[C@H]3CCc4cc(OC)ccc4[C@@H]3CC[C@]21C. The minimum absolute atomic E-state index is 0.0462. The summed E-state index contributed by atoms with van der Waals surface area (Å²) >= 11 is 0. The van der Waals surface area contributed by atoms with Crippen molar-refractivity contribution in [1.82, 2.24) is 0 Å². The van der Waals surface area contributed by atoms with Gasteiger partial charge in [-0.3, -0.25) is 19.2 Å². The maximum atomic E-state index is 14.3. The average Bonchev–Trinajstić information content (AvgIpc) is 3.62. The van der Waals surface area contributed by atoms with Crippen LogP contribution in [-0.2, 0) is 30.3 Å². The fraction of sp³-hybridized carbons (Fsp3) is 0.733. The number of rotatable bonds is 6. The second-order valence-electron chi connectivity index (χ2n) is 18.9. The Labute approximate surface area is 304 Å². The number of aryl methyl sites for hydroxylation is 1. The molecule has 0 spiro atoms. The summed E-state index contributed by atoms with van der Waals surface area (Å²) in [4.78, 5) is 54.2. The third-order valence-electron chi connectivity index (χ3n) is 17.3. The molecular weight excluding hydrogens is 636 g/mol. The van der Waals surface area contributed by atoms with Crippen molar-refractivity contribution in [3.05, 3.63) is 29.3 Å². The van der Waals surface area contributed by atoms with Crippen molar-refractivity contribution in [2.45, 2.75) is 136 Å². The van der Waals surface area contributed by atoms with Gasteiger partial charge in [0, 0.05) is 48.9 Å². The van der Waals surface area contributed by atoms with E-state index in [4.69, 9.17) is 15.9 Å². The van der Waals surface area contributed by atoms with Crippen molar-refractivity contribution in [1.29, 1.82) is 0 Å². The van der Waals surface area contributed by atoms with E-state index in [0.29, 0.717) is 62.1 Å². The second kappa shape index (κ2) is 12.3. The number of benzene rings is 1. The number of carbonyl (C=O) groups excluding carboxylic acids is 4. The Kier molecular flexibility index (Phi) is 8.47. The topological polar surface area (TPSA) is 86.7 Å². The van der Waals surface area contributed by atoms with Crippen molar-refractivity contribution in [2.24, 2.45) is 63.6 Å². The maximum Gasteiger partial charge on any atom is 0.307 e. The van der Waals surface area contributed by atoms with Crippen LogP contribution < -0.4 is 4.74 Å². The Morgan fingerprint density at radius 2 is 1.75 bits per heavy atom. The number of methoxy groups -OCH3 is 1. The van der Waals surface area contributed by atoms with Crippen LogP contribution in [0, 0.1) is 75.9 Å². The fourth-order valence-electron chi connectivity index (χ4n) is 14.3. The highest BCUT2D eigenvalue weighted by Crippen LogP contribution is 2.67. The zero-order valence-electron chi connectivity index (χ0n) is 31.6. The largest absolute Gasteiger partial charge is 0.497 e. The number of Topliss-reactive ketones (excluding diaryl/α,β-unsaturated/α-hetero) is 3. The molecule has 1 aromatic rings. The molecule has 7 aliphatic rings. The minimum Gasteiger partial charge on any atom is -0.497 e. The van der Waals surface area contributed by atoms with E-state index >= 15 is 0 Å². The molecular formula is C45H58O6. The maximum absolute atomic E-state index is 14.3. The average molecular weight is 695 g/mol. The van der Waals surface area contributed by atoms with Gasteiger partial charge in [0.1, 0.15) is 23.1 Å². The molecule has 8 rings (SSSR count).